The van der Waals surface area contributed by atoms with Crippen molar-refractivity contribution >= 4 is 28.9 Å². The molecule has 1 amide bonds. The molecular weight excluding hydrogens is 310 g/mol. The number of likely N-dealkylation sites (tertiary alicyclic amines) is 1. The molecule has 6 heteroatoms. The van der Waals surface area contributed by atoms with E-state index in [1.807, 2.05) is 51.2 Å². The summed E-state index contributed by atoms with van der Waals surface area (Å²) < 4.78 is 5.43. The van der Waals surface area contributed by atoms with Gasteiger partial charge in [-0.15, -0.1) is 0 Å². The maximum absolute atomic E-state index is 12.1. The van der Waals surface area contributed by atoms with E-state index in [1.165, 1.54) is 0 Å². The summed E-state index contributed by atoms with van der Waals surface area (Å²) in [6.07, 6.45) is 2.52. The van der Waals surface area contributed by atoms with E-state index in [4.69, 9.17) is 4.74 Å². The number of hydrogen-bond donors (Lipinski definition) is 0. The molecule has 0 saturated carbocycles. The van der Waals surface area contributed by atoms with Gasteiger partial charge in [0.2, 0.25) is 0 Å². The number of carbonyl (C=O) groups is 1. The van der Waals surface area contributed by atoms with E-state index in [2.05, 4.69) is 9.97 Å². The standard InChI is InChI=1S/C17H21N3O2S/c1-17(2,3)22-16(21)20-9-8-12(11-20)23-15-10-18-13-6-4-5-7-14(13)19-15/h4-7,10,12H,8-9,11H2,1-3H3/t12-/m1/s1. The Labute approximate surface area is 140 Å². The molecule has 0 spiro atoms. The highest BCUT2D eigenvalue weighted by atomic mass is 32.2. The summed E-state index contributed by atoms with van der Waals surface area (Å²) in [5.41, 5.74) is 1.35. The van der Waals surface area contributed by atoms with E-state index in [0.29, 0.717) is 11.8 Å². The molecule has 1 aliphatic rings. The van der Waals surface area contributed by atoms with Crippen LogP contribution >= 0.6 is 11.8 Å². The highest BCUT2D eigenvalue weighted by Crippen LogP contribution is 2.29. The lowest BCUT2D eigenvalue weighted by Gasteiger charge is -2.24. The summed E-state index contributed by atoms with van der Waals surface area (Å²) in [4.78, 5) is 22.9. The Bertz CT molecular complexity index is 714. The van der Waals surface area contributed by atoms with Gasteiger partial charge in [-0.1, -0.05) is 23.9 Å². The Morgan fingerprint density at radius 3 is 2.78 bits per heavy atom. The van der Waals surface area contributed by atoms with E-state index < -0.39 is 5.60 Å². The molecule has 3 rings (SSSR count). The maximum Gasteiger partial charge on any atom is 0.410 e. The lowest BCUT2D eigenvalue weighted by molar-refractivity contribution is 0.0295. The first-order chi connectivity index (χ1) is 10.9. The van der Waals surface area contributed by atoms with Crippen molar-refractivity contribution in [3.63, 3.8) is 0 Å². The smallest absolute Gasteiger partial charge is 0.410 e. The van der Waals surface area contributed by atoms with Gasteiger partial charge >= 0.3 is 6.09 Å². The number of nitrogens with zero attached hydrogens (tertiary/aromatic N) is 3. The average molecular weight is 331 g/mol. The molecule has 0 radical (unpaired) electrons. The predicted octanol–water partition coefficient (Wildman–Crippen LogP) is 3.73. The second-order valence-corrected chi connectivity index (χ2v) is 7.97. The number of benzene rings is 1. The summed E-state index contributed by atoms with van der Waals surface area (Å²) in [6.45, 7) is 7.08. The lowest BCUT2D eigenvalue weighted by Crippen LogP contribution is -2.35. The van der Waals surface area contributed by atoms with Gasteiger partial charge < -0.3 is 9.64 Å². The topological polar surface area (TPSA) is 55.3 Å². The fourth-order valence-corrected chi connectivity index (χ4v) is 3.57. The number of amides is 1. The van der Waals surface area contributed by atoms with Crippen molar-refractivity contribution in [3.05, 3.63) is 30.5 Å². The molecule has 1 saturated heterocycles. The molecule has 1 aliphatic heterocycles. The largest absolute Gasteiger partial charge is 0.444 e. The monoisotopic (exact) mass is 331 g/mol. The molecule has 1 fully saturated rings. The Morgan fingerprint density at radius 1 is 1.30 bits per heavy atom. The van der Waals surface area contributed by atoms with Crippen LogP contribution in [0.3, 0.4) is 0 Å². The molecule has 5 nitrogen and oxygen atoms in total. The normalized spacial score (nSPS) is 18.4. The van der Waals surface area contributed by atoms with E-state index in [0.717, 1.165) is 29.0 Å². The molecule has 122 valence electrons. The highest BCUT2D eigenvalue weighted by molar-refractivity contribution is 7.99. The minimum atomic E-state index is -0.452. The van der Waals surface area contributed by atoms with Gasteiger partial charge in [-0.05, 0) is 39.3 Å². The van der Waals surface area contributed by atoms with Crippen molar-refractivity contribution in [2.24, 2.45) is 0 Å². The fraction of sp³-hybridized carbons (Fsp3) is 0.471. The SMILES string of the molecule is CC(C)(C)OC(=O)N1CC[C@@H](Sc2cnc3ccccc3n2)C1. The van der Waals surface area contributed by atoms with Crippen LogP contribution in [0.25, 0.3) is 11.0 Å². The van der Waals surface area contributed by atoms with Gasteiger partial charge in [0.05, 0.1) is 17.2 Å². The van der Waals surface area contributed by atoms with Crippen LogP contribution in [-0.2, 0) is 4.74 Å². The number of hydrogen-bond acceptors (Lipinski definition) is 5. The first-order valence-corrected chi connectivity index (χ1v) is 8.65. The molecule has 1 aromatic heterocycles. The number of thioether (sulfide) groups is 1. The third-order valence-corrected chi connectivity index (χ3v) is 4.67. The summed E-state index contributed by atoms with van der Waals surface area (Å²) in [7, 11) is 0. The minimum Gasteiger partial charge on any atom is -0.444 e. The van der Waals surface area contributed by atoms with E-state index >= 15 is 0 Å². The van der Waals surface area contributed by atoms with Crippen LogP contribution in [0.2, 0.25) is 0 Å². The Hall–Kier alpha value is -1.82. The van der Waals surface area contributed by atoms with Gasteiger partial charge in [-0.3, -0.25) is 4.98 Å². The van der Waals surface area contributed by atoms with Gasteiger partial charge in [0.25, 0.3) is 0 Å². The Kier molecular flexibility index (Phi) is 4.43. The number of rotatable bonds is 2. The van der Waals surface area contributed by atoms with Crippen LogP contribution in [-0.4, -0.2) is 44.9 Å². The van der Waals surface area contributed by atoms with Crippen LogP contribution in [0.5, 0.6) is 0 Å². The fourth-order valence-electron chi connectivity index (χ4n) is 2.48. The number of ether oxygens (including phenoxy) is 1. The van der Waals surface area contributed by atoms with Crippen LogP contribution < -0.4 is 0 Å². The molecule has 0 N–H and O–H groups in total. The Balaban J connectivity index is 1.61. The second kappa shape index (κ2) is 6.35. The van der Waals surface area contributed by atoms with Crippen LogP contribution in [0.15, 0.2) is 35.5 Å². The molecule has 1 atom stereocenters. The zero-order chi connectivity index (χ0) is 16.4. The average Bonchev–Trinajstić information content (AvgIpc) is 2.94. The van der Waals surface area contributed by atoms with Crippen molar-refractivity contribution in [2.75, 3.05) is 13.1 Å². The molecule has 1 aromatic carbocycles. The predicted molar refractivity (Wildman–Crippen MR) is 91.6 cm³/mol. The summed E-state index contributed by atoms with van der Waals surface area (Å²) >= 11 is 1.68. The zero-order valence-corrected chi connectivity index (χ0v) is 14.5. The molecular formula is C17H21N3O2S. The van der Waals surface area contributed by atoms with Crippen molar-refractivity contribution in [1.29, 1.82) is 0 Å². The molecule has 2 aromatic rings. The van der Waals surface area contributed by atoms with E-state index in [9.17, 15) is 4.79 Å². The third-order valence-electron chi connectivity index (χ3n) is 3.51. The number of para-hydroxylation sites is 2. The van der Waals surface area contributed by atoms with Crippen molar-refractivity contribution in [3.8, 4) is 0 Å². The van der Waals surface area contributed by atoms with Gasteiger partial charge in [0.15, 0.2) is 0 Å². The van der Waals surface area contributed by atoms with Crippen LogP contribution in [0, 0.1) is 0 Å². The number of aromatic nitrogens is 2. The van der Waals surface area contributed by atoms with Crippen molar-refractivity contribution in [2.45, 2.75) is 43.1 Å². The second-order valence-electron chi connectivity index (χ2n) is 6.65. The van der Waals surface area contributed by atoms with Gasteiger partial charge in [-0.25, -0.2) is 9.78 Å². The van der Waals surface area contributed by atoms with Gasteiger partial charge in [-0.2, -0.15) is 0 Å². The molecule has 23 heavy (non-hydrogen) atoms. The first kappa shape index (κ1) is 16.1. The van der Waals surface area contributed by atoms with Crippen LogP contribution in [0.4, 0.5) is 4.79 Å². The quantitative estimate of drug-likeness (QED) is 0.839. The summed E-state index contributed by atoms with van der Waals surface area (Å²) in [5, 5.41) is 1.23. The number of carbonyl (C=O) groups excluding carboxylic acids is 1. The highest BCUT2D eigenvalue weighted by Gasteiger charge is 2.30. The van der Waals surface area contributed by atoms with Crippen LogP contribution in [0.1, 0.15) is 27.2 Å². The van der Waals surface area contributed by atoms with E-state index in [-0.39, 0.29) is 6.09 Å². The third kappa shape index (κ3) is 4.13. The number of fused-ring (bicyclic) bond motifs is 1. The maximum atomic E-state index is 12.1. The molecule has 2 heterocycles. The van der Waals surface area contributed by atoms with Gasteiger partial charge in [0, 0.05) is 18.3 Å². The lowest BCUT2D eigenvalue weighted by atomic mass is 10.2. The summed E-state index contributed by atoms with van der Waals surface area (Å²) in [6, 6.07) is 7.84. The Morgan fingerprint density at radius 2 is 2.04 bits per heavy atom. The summed E-state index contributed by atoms with van der Waals surface area (Å²) in [5.74, 6) is 0. The zero-order valence-electron chi connectivity index (χ0n) is 13.7. The van der Waals surface area contributed by atoms with Crippen molar-refractivity contribution in [1.82, 2.24) is 14.9 Å². The van der Waals surface area contributed by atoms with Crippen molar-refractivity contribution < 1.29 is 9.53 Å². The molecule has 0 unspecified atom stereocenters. The minimum absolute atomic E-state index is 0.231. The van der Waals surface area contributed by atoms with Gasteiger partial charge in [0.1, 0.15) is 10.6 Å². The first-order valence-electron chi connectivity index (χ1n) is 7.77. The molecule has 0 bridgehead atoms. The van der Waals surface area contributed by atoms with E-state index in [1.54, 1.807) is 16.7 Å². The molecule has 0 aliphatic carbocycles.